The summed E-state index contributed by atoms with van der Waals surface area (Å²) in [5.74, 6) is 2.12. The van der Waals surface area contributed by atoms with Crippen molar-refractivity contribution < 1.29 is 13.9 Å². The van der Waals surface area contributed by atoms with E-state index in [9.17, 15) is 9.59 Å². The molecule has 2 saturated heterocycles. The van der Waals surface area contributed by atoms with Crippen LogP contribution in [0.4, 0.5) is 5.82 Å². The van der Waals surface area contributed by atoms with Crippen LogP contribution in [0.25, 0.3) is 0 Å². The van der Waals surface area contributed by atoms with Crippen molar-refractivity contribution >= 4 is 11.7 Å². The quantitative estimate of drug-likeness (QED) is 0.807. The highest BCUT2D eigenvalue weighted by molar-refractivity contribution is 5.85. The molecule has 2 fully saturated rings. The minimum atomic E-state index is -0.404. The van der Waals surface area contributed by atoms with E-state index in [1.54, 1.807) is 19.2 Å². The molecular weight excluding hydrogens is 358 g/mol. The summed E-state index contributed by atoms with van der Waals surface area (Å²) >= 11 is 0. The van der Waals surface area contributed by atoms with E-state index in [4.69, 9.17) is 9.15 Å². The third kappa shape index (κ3) is 4.03. The fraction of sp³-hybridized carbons (Fsp3) is 0.476. The first kappa shape index (κ1) is 18.5. The lowest BCUT2D eigenvalue weighted by Gasteiger charge is -2.35. The van der Waals surface area contributed by atoms with E-state index < -0.39 is 5.63 Å². The van der Waals surface area contributed by atoms with Crippen LogP contribution in [0.5, 0.6) is 5.75 Å². The van der Waals surface area contributed by atoms with E-state index in [-0.39, 0.29) is 18.1 Å². The molecule has 148 valence electrons. The van der Waals surface area contributed by atoms with Crippen LogP contribution in [-0.2, 0) is 4.79 Å². The lowest BCUT2D eigenvalue weighted by molar-refractivity contribution is -0.134. The molecule has 4 heterocycles. The summed E-state index contributed by atoms with van der Waals surface area (Å²) in [5.41, 5.74) is -0.404. The summed E-state index contributed by atoms with van der Waals surface area (Å²) in [6.07, 6.45) is 5.14. The van der Waals surface area contributed by atoms with Crippen molar-refractivity contribution in [3.63, 3.8) is 0 Å². The highest BCUT2D eigenvalue weighted by Crippen LogP contribution is 2.26. The van der Waals surface area contributed by atoms with Gasteiger partial charge in [-0.3, -0.25) is 4.79 Å². The van der Waals surface area contributed by atoms with Crippen LogP contribution in [0.1, 0.15) is 31.4 Å². The van der Waals surface area contributed by atoms with Crippen molar-refractivity contribution in [1.29, 1.82) is 0 Å². The molecule has 0 N–H and O–H groups in total. The smallest absolute Gasteiger partial charge is 0.339 e. The predicted octanol–water partition coefficient (Wildman–Crippen LogP) is 2.38. The van der Waals surface area contributed by atoms with E-state index in [0.29, 0.717) is 24.6 Å². The van der Waals surface area contributed by atoms with Crippen LogP contribution in [0.3, 0.4) is 0 Å². The SMILES string of the molecule is Cc1cc(OC2CCN(C(=O)C3CCCN3c3ccccn3)CC2)cc(=O)o1. The molecule has 1 unspecified atom stereocenters. The van der Waals surface area contributed by atoms with E-state index in [0.717, 1.165) is 38.0 Å². The van der Waals surface area contributed by atoms with Crippen LogP contribution < -0.4 is 15.3 Å². The summed E-state index contributed by atoms with van der Waals surface area (Å²) in [5, 5.41) is 0. The van der Waals surface area contributed by atoms with Crippen LogP contribution >= 0.6 is 0 Å². The van der Waals surface area contributed by atoms with Gasteiger partial charge in [-0.05, 0) is 31.9 Å². The average molecular weight is 383 g/mol. The number of hydrogen-bond acceptors (Lipinski definition) is 6. The molecule has 4 rings (SSSR count). The molecule has 28 heavy (non-hydrogen) atoms. The molecule has 0 bridgehead atoms. The molecule has 1 amide bonds. The maximum absolute atomic E-state index is 13.1. The first-order chi connectivity index (χ1) is 13.6. The minimum absolute atomic E-state index is 0.000668. The van der Waals surface area contributed by atoms with Gasteiger partial charge in [0.1, 0.15) is 29.5 Å². The zero-order valence-electron chi connectivity index (χ0n) is 16.0. The number of amides is 1. The van der Waals surface area contributed by atoms with Gasteiger partial charge in [0, 0.05) is 44.7 Å². The maximum Gasteiger partial charge on any atom is 0.339 e. The Morgan fingerprint density at radius 1 is 1.18 bits per heavy atom. The number of aryl methyl sites for hydroxylation is 1. The summed E-state index contributed by atoms with van der Waals surface area (Å²) in [7, 11) is 0. The van der Waals surface area contributed by atoms with Crippen molar-refractivity contribution in [2.75, 3.05) is 24.5 Å². The molecule has 7 heteroatoms. The molecule has 0 aliphatic carbocycles. The van der Waals surface area contributed by atoms with Crippen molar-refractivity contribution in [3.8, 4) is 5.75 Å². The molecule has 2 aromatic heterocycles. The second-order valence-corrected chi connectivity index (χ2v) is 7.40. The van der Waals surface area contributed by atoms with Crippen LogP contribution in [0, 0.1) is 6.92 Å². The lowest BCUT2D eigenvalue weighted by atomic mass is 10.1. The third-order valence-corrected chi connectivity index (χ3v) is 5.41. The lowest BCUT2D eigenvalue weighted by Crippen LogP contribution is -2.50. The average Bonchev–Trinajstić information content (AvgIpc) is 3.18. The van der Waals surface area contributed by atoms with E-state index >= 15 is 0 Å². The molecule has 2 aliphatic heterocycles. The van der Waals surface area contributed by atoms with Crippen LogP contribution in [0.15, 0.2) is 45.7 Å². The van der Waals surface area contributed by atoms with Crippen LogP contribution in [-0.4, -0.2) is 47.6 Å². The summed E-state index contributed by atoms with van der Waals surface area (Å²) in [6, 6.07) is 8.77. The van der Waals surface area contributed by atoms with Gasteiger partial charge < -0.3 is 19.0 Å². The second kappa shape index (κ2) is 8.04. The number of ether oxygens (including phenoxy) is 1. The topological polar surface area (TPSA) is 75.9 Å². The molecule has 2 aromatic rings. The van der Waals surface area contributed by atoms with Crippen molar-refractivity contribution in [1.82, 2.24) is 9.88 Å². The monoisotopic (exact) mass is 383 g/mol. The number of carbonyl (C=O) groups is 1. The van der Waals surface area contributed by atoms with Crippen molar-refractivity contribution in [2.45, 2.75) is 44.8 Å². The van der Waals surface area contributed by atoms with Gasteiger partial charge in [0.15, 0.2) is 0 Å². The zero-order chi connectivity index (χ0) is 19.5. The summed E-state index contributed by atoms with van der Waals surface area (Å²) < 4.78 is 10.9. The molecule has 0 saturated carbocycles. The van der Waals surface area contributed by atoms with E-state index in [1.807, 2.05) is 23.1 Å². The predicted molar refractivity (Wildman–Crippen MR) is 105 cm³/mol. The molecular formula is C21H25N3O4. The number of hydrogen-bond donors (Lipinski definition) is 0. The Hall–Kier alpha value is -2.83. The van der Waals surface area contributed by atoms with Crippen LogP contribution in [0.2, 0.25) is 0 Å². The van der Waals surface area contributed by atoms with Crippen molar-refractivity contribution in [3.05, 3.63) is 52.7 Å². The van der Waals surface area contributed by atoms with Gasteiger partial charge in [0.25, 0.3) is 0 Å². The number of anilines is 1. The molecule has 2 aliphatic rings. The van der Waals surface area contributed by atoms with Gasteiger partial charge in [0.05, 0.1) is 6.07 Å². The summed E-state index contributed by atoms with van der Waals surface area (Å²) in [4.78, 5) is 33.1. The van der Waals surface area contributed by atoms with E-state index in [2.05, 4.69) is 9.88 Å². The van der Waals surface area contributed by atoms with Gasteiger partial charge in [-0.25, -0.2) is 9.78 Å². The first-order valence-electron chi connectivity index (χ1n) is 9.85. The van der Waals surface area contributed by atoms with Gasteiger partial charge in [-0.1, -0.05) is 6.07 Å². The maximum atomic E-state index is 13.1. The normalized spacial score (nSPS) is 20.4. The zero-order valence-corrected chi connectivity index (χ0v) is 16.0. The standard InChI is InChI=1S/C21H25N3O4/c1-15-13-17(14-20(25)27-15)28-16-7-11-23(12-8-16)21(26)18-5-4-10-24(18)19-6-2-3-9-22-19/h2-3,6,9,13-14,16,18H,4-5,7-8,10-12H2,1H3. The molecule has 0 spiro atoms. The number of pyridine rings is 1. The Morgan fingerprint density at radius 3 is 2.71 bits per heavy atom. The highest BCUT2D eigenvalue weighted by Gasteiger charge is 2.36. The van der Waals surface area contributed by atoms with Gasteiger partial charge in [-0.2, -0.15) is 0 Å². The highest BCUT2D eigenvalue weighted by atomic mass is 16.5. The molecule has 7 nitrogen and oxygen atoms in total. The van der Waals surface area contributed by atoms with Crippen molar-refractivity contribution in [2.24, 2.45) is 0 Å². The number of carbonyl (C=O) groups excluding carboxylic acids is 1. The fourth-order valence-corrected chi connectivity index (χ4v) is 4.06. The van der Waals surface area contributed by atoms with Gasteiger partial charge in [-0.15, -0.1) is 0 Å². The first-order valence-corrected chi connectivity index (χ1v) is 9.85. The molecule has 0 aromatic carbocycles. The fourth-order valence-electron chi connectivity index (χ4n) is 4.06. The Morgan fingerprint density at radius 2 is 2.00 bits per heavy atom. The molecule has 1 atom stereocenters. The number of aromatic nitrogens is 1. The number of piperidine rings is 1. The number of rotatable bonds is 4. The second-order valence-electron chi connectivity index (χ2n) is 7.40. The number of nitrogens with zero attached hydrogens (tertiary/aromatic N) is 3. The summed E-state index contributed by atoms with van der Waals surface area (Å²) in [6.45, 7) is 3.92. The Bertz CT molecular complexity index is 875. The number of likely N-dealkylation sites (tertiary alicyclic amines) is 1. The Labute approximate surface area is 163 Å². The molecule has 0 radical (unpaired) electrons. The minimum Gasteiger partial charge on any atom is -0.490 e. The Balaban J connectivity index is 1.35. The van der Waals surface area contributed by atoms with E-state index in [1.165, 1.54) is 6.07 Å². The largest absolute Gasteiger partial charge is 0.490 e. The Kier molecular flexibility index (Phi) is 5.32. The van der Waals surface area contributed by atoms with Gasteiger partial charge >= 0.3 is 5.63 Å². The van der Waals surface area contributed by atoms with Gasteiger partial charge in [0.2, 0.25) is 5.91 Å². The third-order valence-electron chi connectivity index (χ3n) is 5.41.